The van der Waals surface area contributed by atoms with Gasteiger partial charge >= 0.3 is 6.09 Å². The Morgan fingerprint density at radius 2 is 2.17 bits per heavy atom. The number of carbonyl (C=O) groups excluding carboxylic acids is 2. The Labute approximate surface area is 168 Å². The highest BCUT2D eigenvalue weighted by molar-refractivity contribution is 5.90. The average molecular weight is 425 g/mol. The monoisotopic (exact) mass is 425 g/mol. The van der Waals surface area contributed by atoms with Crippen molar-refractivity contribution in [1.29, 1.82) is 0 Å². The summed E-state index contributed by atoms with van der Waals surface area (Å²) in [6, 6.07) is 2.19. The molecule has 9 nitrogen and oxygen atoms in total. The third-order valence-electron chi connectivity index (χ3n) is 4.86. The third-order valence-corrected chi connectivity index (χ3v) is 4.86. The summed E-state index contributed by atoms with van der Waals surface area (Å²) in [7, 11) is 0. The number of cyclic esters (lactones) is 1. The van der Waals surface area contributed by atoms with Crippen LogP contribution in [0.1, 0.15) is 0 Å². The van der Waals surface area contributed by atoms with E-state index < -0.39 is 43.8 Å². The van der Waals surface area contributed by atoms with Crippen LogP contribution < -0.4 is 20.7 Å². The predicted octanol–water partition coefficient (Wildman–Crippen LogP) is 1.77. The molecule has 1 unspecified atom stereocenters. The lowest BCUT2D eigenvalue weighted by Gasteiger charge is -2.17. The van der Waals surface area contributed by atoms with E-state index >= 15 is 0 Å². The molecule has 4 rings (SSSR count). The maximum absolute atomic E-state index is 13.3. The summed E-state index contributed by atoms with van der Waals surface area (Å²) in [5.74, 6) is 0.0276. The van der Waals surface area contributed by atoms with Crippen LogP contribution in [0.2, 0.25) is 0 Å². The first-order chi connectivity index (χ1) is 14.4. The topological polar surface area (TPSA) is 112 Å². The number of anilines is 2. The number of imidazole rings is 1. The van der Waals surface area contributed by atoms with Crippen LogP contribution in [0.5, 0.6) is 5.75 Å². The zero-order valence-corrected chi connectivity index (χ0v) is 15.6. The Morgan fingerprint density at radius 1 is 1.37 bits per heavy atom. The highest BCUT2D eigenvalue weighted by Crippen LogP contribution is 2.36. The van der Waals surface area contributed by atoms with Gasteiger partial charge in [-0.05, 0) is 12.1 Å². The van der Waals surface area contributed by atoms with Crippen LogP contribution in [0.15, 0.2) is 24.4 Å². The van der Waals surface area contributed by atoms with E-state index in [9.17, 15) is 22.8 Å². The number of fused-ring (bicyclic) bond motifs is 3. The van der Waals surface area contributed by atoms with Gasteiger partial charge in [0.05, 0.1) is 12.1 Å². The minimum absolute atomic E-state index is 0.0547. The fourth-order valence-electron chi connectivity index (χ4n) is 3.35. The second kappa shape index (κ2) is 7.76. The first kappa shape index (κ1) is 19.9. The quantitative estimate of drug-likeness (QED) is 0.730. The van der Waals surface area contributed by atoms with Gasteiger partial charge in [-0.2, -0.15) is 0 Å². The van der Waals surface area contributed by atoms with Crippen LogP contribution >= 0.6 is 0 Å². The van der Waals surface area contributed by atoms with Crippen molar-refractivity contribution in [3.63, 3.8) is 0 Å². The highest BCUT2D eigenvalue weighted by Gasteiger charge is 2.42. The molecule has 1 aromatic carbocycles. The van der Waals surface area contributed by atoms with E-state index in [0.29, 0.717) is 29.4 Å². The number of carbonyl (C=O) groups is 2. The number of alkyl halides is 3. The average Bonchev–Trinajstić information content (AvgIpc) is 3.25. The molecule has 160 valence electrons. The molecule has 0 saturated carbocycles. The number of amides is 2. The maximum Gasteiger partial charge on any atom is 0.416 e. The molecule has 30 heavy (non-hydrogen) atoms. The fraction of sp³-hybridized carbons (Fsp3) is 0.389. The minimum Gasteiger partial charge on any atom is -0.491 e. The fourth-order valence-corrected chi connectivity index (χ4v) is 3.35. The number of halogens is 3. The number of ether oxygens (including phenoxy) is 2. The summed E-state index contributed by atoms with van der Waals surface area (Å²) in [6.07, 6.45) is -2.17. The van der Waals surface area contributed by atoms with Gasteiger partial charge in [0, 0.05) is 18.0 Å². The molecule has 0 spiro atoms. The van der Waals surface area contributed by atoms with Crippen molar-refractivity contribution in [2.45, 2.75) is 25.1 Å². The Bertz CT molecular complexity index is 983. The molecule has 2 aromatic rings. The largest absolute Gasteiger partial charge is 0.491 e. The molecule has 1 fully saturated rings. The van der Waals surface area contributed by atoms with Gasteiger partial charge in [-0.3, -0.25) is 4.79 Å². The molecule has 2 atom stereocenters. The standard InChI is InChI=1S/C18H18F3N5O4/c19-6-11(16(22)27)23-9-1-2-10-13(5-9)29-4-3-25-7-14(24-17(10)25)26-12(15(20)21)8-30-18(26)28/h1-2,5,7,11-12,15,23H,3-4,6,8H2,(H2,22,27)/t11-,12?/m0/s1. The summed E-state index contributed by atoms with van der Waals surface area (Å²) in [5.41, 5.74) is 6.10. The molecule has 0 aliphatic carbocycles. The van der Waals surface area contributed by atoms with Crippen LogP contribution in [-0.2, 0) is 16.1 Å². The molecule has 2 amide bonds. The number of primary amides is 1. The molecular weight excluding hydrogens is 407 g/mol. The van der Waals surface area contributed by atoms with E-state index in [1.165, 1.54) is 6.20 Å². The van der Waals surface area contributed by atoms with E-state index in [2.05, 4.69) is 10.3 Å². The summed E-state index contributed by atoms with van der Waals surface area (Å²) < 4.78 is 51.7. The van der Waals surface area contributed by atoms with Crippen molar-refractivity contribution in [3.8, 4) is 17.1 Å². The van der Waals surface area contributed by atoms with Gasteiger partial charge in [0.2, 0.25) is 5.91 Å². The zero-order valence-electron chi connectivity index (χ0n) is 15.6. The van der Waals surface area contributed by atoms with Crippen molar-refractivity contribution in [1.82, 2.24) is 9.55 Å². The second-order valence-corrected chi connectivity index (χ2v) is 6.78. The van der Waals surface area contributed by atoms with E-state index in [-0.39, 0.29) is 12.4 Å². The number of rotatable bonds is 6. The SMILES string of the molecule is NC(=O)[C@H](CF)Nc1ccc2c(c1)OCCn1cc(N3C(=O)OCC3C(F)F)nc1-2. The van der Waals surface area contributed by atoms with Crippen molar-refractivity contribution < 1.29 is 32.2 Å². The van der Waals surface area contributed by atoms with Gasteiger partial charge in [0.15, 0.2) is 5.82 Å². The number of hydrogen-bond donors (Lipinski definition) is 2. The zero-order chi connectivity index (χ0) is 21.4. The molecule has 1 saturated heterocycles. The highest BCUT2D eigenvalue weighted by atomic mass is 19.3. The summed E-state index contributed by atoms with van der Waals surface area (Å²) in [6.45, 7) is -0.790. The van der Waals surface area contributed by atoms with Crippen molar-refractivity contribution in [2.24, 2.45) is 5.73 Å². The van der Waals surface area contributed by atoms with Crippen molar-refractivity contribution >= 4 is 23.5 Å². The first-order valence-corrected chi connectivity index (χ1v) is 9.09. The molecule has 2 aliphatic rings. The summed E-state index contributed by atoms with van der Waals surface area (Å²) in [4.78, 5) is 28.4. The van der Waals surface area contributed by atoms with E-state index in [4.69, 9.17) is 15.2 Å². The number of benzene rings is 1. The van der Waals surface area contributed by atoms with E-state index in [0.717, 1.165) is 4.90 Å². The third kappa shape index (κ3) is 3.48. The predicted molar refractivity (Wildman–Crippen MR) is 99.4 cm³/mol. The van der Waals surface area contributed by atoms with E-state index in [1.807, 2.05) is 0 Å². The molecule has 0 radical (unpaired) electrons. The van der Waals surface area contributed by atoms with Gasteiger partial charge < -0.3 is 25.1 Å². The van der Waals surface area contributed by atoms with Gasteiger partial charge in [-0.15, -0.1) is 0 Å². The van der Waals surface area contributed by atoms with Crippen LogP contribution in [0.3, 0.4) is 0 Å². The van der Waals surface area contributed by atoms with Crippen LogP contribution in [-0.4, -0.2) is 59.9 Å². The maximum atomic E-state index is 13.3. The van der Waals surface area contributed by atoms with Crippen LogP contribution in [0, 0.1) is 0 Å². The lowest BCUT2D eigenvalue weighted by Crippen LogP contribution is -2.38. The Morgan fingerprint density at radius 3 is 2.87 bits per heavy atom. The number of hydrogen-bond acceptors (Lipinski definition) is 6. The first-order valence-electron chi connectivity index (χ1n) is 9.09. The van der Waals surface area contributed by atoms with Gasteiger partial charge in [-0.25, -0.2) is 27.8 Å². The van der Waals surface area contributed by atoms with Crippen LogP contribution in [0.4, 0.5) is 29.5 Å². The minimum atomic E-state index is -2.78. The molecule has 12 heteroatoms. The molecule has 1 aromatic heterocycles. The summed E-state index contributed by atoms with van der Waals surface area (Å²) in [5, 5.41) is 2.69. The smallest absolute Gasteiger partial charge is 0.416 e. The molecular formula is C18H18F3N5O4. The van der Waals surface area contributed by atoms with Gasteiger partial charge in [0.1, 0.15) is 43.5 Å². The molecule has 3 heterocycles. The molecule has 2 aliphatic heterocycles. The second-order valence-electron chi connectivity index (χ2n) is 6.78. The molecule has 0 bridgehead atoms. The lowest BCUT2D eigenvalue weighted by molar-refractivity contribution is -0.119. The lowest BCUT2D eigenvalue weighted by atomic mass is 10.1. The van der Waals surface area contributed by atoms with Crippen LogP contribution in [0.25, 0.3) is 11.4 Å². The molecule has 3 N–H and O–H groups in total. The number of nitrogens with zero attached hydrogens (tertiary/aromatic N) is 3. The Hall–Kier alpha value is -3.44. The number of nitrogens with one attached hydrogen (secondary N) is 1. The number of aromatic nitrogens is 2. The van der Waals surface area contributed by atoms with Gasteiger partial charge in [0.25, 0.3) is 6.43 Å². The van der Waals surface area contributed by atoms with Crippen molar-refractivity contribution in [3.05, 3.63) is 24.4 Å². The van der Waals surface area contributed by atoms with Gasteiger partial charge in [-0.1, -0.05) is 0 Å². The Kier molecular flexibility index (Phi) is 5.14. The normalized spacial score (nSPS) is 18.9. The summed E-state index contributed by atoms with van der Waals surface area (Å²) >= 11 is 0. The van der Waals surface area contributed by atoms with Crippen molar-refractivity contribution in [2.75, 3.05) is 30.1 Å². The number of nitrogens with two attached hydrogens (primary N) is 1. The Balaban J connectivity index is 1.67. The van der Waals surface area contributed by atoms with E-state index in [1.54, 1.807) is 22.8 Å².